The highest BCUT2D eigenvalue weighted by molar-refractivity contribution is 4.96. The maximum atomic E-state index is 2.67. The molecule has 2 saturated heterocycles. The van der Waals surface area contributed by atoms with Gasteiger partial charge >= 0.3 is 0 Å². The molecule has 2 fully saturated rings. The summed E-state index contributed by atoms with van der Waals surface area (Å²) in [6.45, 7) is 15.7. The fraction of sp³-hybridized carbons (Fsp3) is 1.00. The third kappa shape index (κ3) is 2.21. The molecule has 88 valence electrons. The van der Waals surface area contributed by atoms with E-state index in [4.69, 9.17) is 0 Å². The summed E-state index contributed by atoms with van der Waals surface area (Å²) in [6, 6.07) is 1.58. The van der Waals surface area contributed by atoms with Crippen LogP contribution in [0.1, 0.15) is 41.0 Å². The summed E-state index contributed by atoms with van der Waals surface area (Å²) in [5.74, 6) is 0.934. The lowest BCUT2D eigenvalue weighted by Crippen LogP contribution is -2.52. The summed E-state index contributed by atoms with van der Waals surface area (Å²) in [5, 5.41) is 0. The molecule has 0 saturated carbocycles. The third-order valence-corrected chi connectivity index (χ3v) is 4.02. The molecule has 0 aliphatic carbocycles. The van der Waals surface area contributed by atoms with Gasteiger partial charge in [0.05, 0.1) is 0 Å². The van der Waals surface area contributed by atoms with Crippen LogP contribution < -0.4 is 0 Å². The minimum Gasteiger partial charge on any atom is -0.298 e. The van der Waals surface area contributed by atoms with Crippen molar-refractivity contribution in [2.45, 2.75) is 58.7 Å². The van der Waals surface area contributed by atoms with Crippen LogP contribution >= 0.6 is 0 Å². The molecule has 0 aromatic rings. The summed E-state index contributed by atoms with van der Waals surface area (Å²) in [4.78, 5) is 5.34. The van der Waals surface area contributed by atoms with Gasteiger partial charge < -0.3 is 0 Å². The molecule has 0 N–H and O–H groups in total. The standard InChI is InChI=1S/C13H26N2/c1-10-7-14(8-10)12-6-11(2)15(9-12)13(3,4)5/h10-12H,6-9H2,1-5H3/t11-,12?/m0/s1. The first-order valence-corrected chi connectivity index (χ1v) is 6.38. The molecule has 0 aromatic heterocycles. The largest absolute Gasteiger partial charge is 0.298 e. The minimum atomic E-state index is 0.338. The number of nitrogens with zero attached hydrogens (tertiary/aromatic N) is 2. The quantitative estimate of drug-likeness (QED) is 0.654. The van der Waals surface area contributed by atoms with E-state index in [-0.39, 0.29) is 0 Å². The topological polar surface area (TPSA) is 6.48 Å². The molecule has 0 radical (unpaired) electrons. The van der Waals surface area contributed by atoms with E-state index in [9.17, 15) is 0 Å². The predicted octanol–water partition coefficient (Wildman–Crippen LogP) is 2.20. The van der Waals surface area contributed by atoms with E-state index in [2.05, 4.69) is 44.4 Å². The Balaban J connectivity index is 1.92. The fourth-order valence-corrected chi connectivity index (χ4v) is 3.25. The Labute approximate surface area is 94.6 Å². The van der Waals surface area contributed by atoms with E-state index in [1.165, 1.54) is 26.1 Å². The molecule has 0 spiro atoms. The van der Waals surface area contributed by atoms with E-state index in [0.717, 1.165) is 18.0 Å². The zero-order chi connectivity index (χ0) is 11.2. The normalized spacial score (nSPS) is 35.8. The molecule has 2 atom stereocenters. The molecule has 0 aromatic carbocycles. The maximum absolute atomic E-state index is 2.67. The molecular formula is C13H26N2. The van der Waals surface area contributed by atoms with Crippen molar-refractivity contribution in [3.05, 3.63) is 0 Å². The Morgan fingerprint density at radius 1 is 1.00 bits per heavy atom. The van der Waals surface area contributed by atoms with Gasteiger partial charge in [0.1, 0.15) is 0 Å². The Kier molecular flexibility index (Phi) is 2.85. The molecule has 2 heterocycles. The van der Waals surface area contributed by atoms with Crippen molar-refractivity contribution < 1.29 is 0 Å². The first-order valence-electron chi connectivity index (χ1n) is 6.38. The molecular weight excluding hydrogens is 184 g/mol. The average Bonchev–Trinajstić information content (AvgIpc) is 2.40. The van der Waals surface area contributed by atoms with Gasteiger partial charge in [-0.15, -0.1) is 0 Å². The number of rotatable bonds is 1. The van der Waals surface area contributed by atoms with Crippen molar-refractivity contribution in [1.29, 1.82) is 0 Å². The zero-order valence-corrected chi connectivity index (χ0v) is 11.0. The van der Waals surface area contributed by atoms with E-state index in [1.54, 1.807) is 0 Å². The number of hydrogen-bond acceptors (Lipinski definition) is 2. The third-order valence-electron chi connectivity index (χ3n) is 4.02. The van der Waals surface area contributed by atoms with Gasteiger partial charge in [-0.3, -0.25) is 9.80 Å². The van der Waals surface area contributed by atoms with Crippen LogP contribution in [-0.2, 0) is 0 Å². The van der Waals surface area contributed by atoms with Crippen LogP contribution in [0.3, 0.4) is 0 Å². The lowest BCUT2D eigenvalue weighted by atomic mass is 9.99. The maximum Gasteiger partial charge on any atom is 0.0238 e. The van der Waals surface area contributed by atoms with Crippen LogP contribution in [0.5, 0.6) is 0 Å². The Hall–Kier alpha value is -0.0800. The molecule has 15 heavy (non-hydrogen) atoms. The molecule has 2 aliphatic heterocycles. The minimum absolute atomic E-state index is 0.338. The van der Waals surface area contributed by atoms with Gasteiger partial charge in [0.15, 0.2) is 0 Å². The van der Waals surface area contributed by atoms with Crippen LogP contribution in [-0.4, -0.2) is 47.1 Å². The second kappa shape index (κ2) is 3.74. The molecule has 2 aliphatic rings. The molecule has 0 amide bonds. The lowest BCUT2D eigenvalue weighted by Gasteiger charge is -2.42. The highest BCUT2D eigenvalue weighted by Crippen LogP contribution is 2.31. The summed E-state index contributed by atoms with van der Waals surface area (Å²) >= 11 is 0. The van der Waals surface area contributed by atoms with Crippen molar-refractivity contribution in [3.63, 3.8) is 0 Å². The van der Waals surface area contributed by atoms with Crippen LogP contribution in [0.4, 0.5) is 0 Å². The smallest absolute Gasteiger partial charge is 0.0238 e. The molecule has 2 rings (SSSR count). The van der Waals surface area contributed by atoms with Gasteiger partial charge in [-0.1, -0.05) is 6.92 Å². The van der Waals surface area contributed by atoms with E-state index >= 15 is 0 Å². The highest BCUT2D eigenvalue weighted by atomic mass is 15.3. The van der Waals surface area contributed by atoms with Crippen LogP contribution in [0.25, 0.3) is 0 Å². The van der Waals surface area contributed by atoms with Crippen molar-refractivity contribution in [3.8, 4) is 0 Å². The summed E-state index contributed by atoms with van der Waals surface area (Å²) in [7, 11) is 0. The zero-order valence-electron chi connectivity index (χ0n) is 11.0. The van der Waals surface area contributed by atoms with Crippen molar-refractivity contribution in [2.75, 3.05) is 19.6 Å². The van der Waals surface area contributed by atoms with Crippen molar-refractivity contribution >= 4 is 0 Å². The van der Waals surface area contributed by atoms with Crippen LogP contribution in [0, 0.1) is 5.92 Å². The fourth-order valence-electron chi connectivity index (χ4n) is 3.25. The van der Waals surface area contributed by atoms with Gasteiger partial charge in [-0.2, -0.15) is 0 Å². The van der Waals surface area contributed by atoms with E-state index in [0.29, 0.717) is 5.54 Å². The van der Waals surface area contributed by atoms with E-state index in [1.807, 2.05) is 0 Å². The van der Waals surface area contributed by atoms with Crippen molar-refractivity contribution in [1.82, 2.24) is 9.80 Å². The summed E-state index contributed by atoms with van der Waals surface area (Å²) in [6.07, 6.45) is 1.37. The van der Waals surface area contributed by atoms with Gasteiger partial charge in [-0.25, -0.2) is 0 Å². The average molecular weight is 210 g/mol. The Bertz CT molecular complexity index is 225. The van der Waals surface area contributed by atoms with Gasteiger partial charge in [-0.05, 0) is 40.0 Å². The molecule has 2 heteroatoms. The van der Waals surface area contributed by atoms with Gasteiger partial charge in [0.2, 0.25) is 0 Å². The van der Waals surface area contributed by atoms with E-state index < -0.39 is 0 Å². The van der Waals surface area contributed by atoms with Crippen LogP contribution in [0.15, 0.2) is 0 Å². The SMILES string of the molecule is CC1CN(C2C[C@H](C)N(C(C)(C)C)C2)C1. The molecule has 0 bridgehead atoms. The molecule has 1 unspecified atom stereocenters. The first kappa shape index (κ1) is 11.4. The second-order valence-corrected chi connectivity index (χ2v) is 6.62. The van der Waals surface area contributed by atoms with Crippen molar-refractivity contribution in [2.24, 2.45) is 5.92 Å². The summed E-state index contributed by atoms with van der Waals surface area (Å²) in [5.41, 5.74) is 0.338. The lowest BCUT2D eigenvalue weighted by molar-refractivity contribution is 0.0569. The number of likely N-dealkylation sites (tertiary alicyclic amines) is 2. The van der Waals surface area contributed by atoms with Gasteiger partial charge in [0, 0.05) is 37.3 Å². The number of hydrogen-bond donors (Lipinski definition) is 0. The summed E-state index contributed by atoms with van der Waals surface area (Å²) < 4.78 is 0. The second-order valence-electron chi connectivity index (χ2n) is 6.62. The Morgan fingerprint density at radius 2 is 1.60 bits per heavy atom. The Morgan fingerprint density at radius 3 is 2.00 bits per heavy atom. The van der Waals surface area contributed by atoms with Gasteiger partial charge in [0.25, 0.3) is 0 Å². The highest BCUT2D eigenvalue weighted by Gasteiger charge is 2.40. The molecule has 2 nitrogen and oxygen atoms in total. The first-order chi connectivity index (χ1) is 6.88. The van der Waals surface area contributed by atoms with Crippen LogP contribution in [0.2, 0.25) is 0 Å². The monoisotopic (exact) mass is 210 g/mol. The predicted molar refractivity (Wildman–Crippen MR) is 65.1 cm³/mol.